The second-order valence-corrected chi connectivity index (χ2v) is 3.15. The monoisotopic (exact) mass is 235 g/mol. The molecule has 0 bridgehead atoms. The standard InChI is InChI=1S/C10H14FNO2.ClH/c1-6(13)10(12)8-5-7(11)3-4-9(8)14-2;/h3-6,10,13H,12H2,1-2H3;1H. The summed E-state index contributed by atoms with van der Waals surface area (Å²) >= 11 is 0. The second-order valence-electron chi connectivity index (χ2n) is 3.15. The quantitative estimate of drug-likeness (QED) is 0.838. The van der Waals surface area contributed by atoms with Crippen LogP contribution < -0.4 is 10.5 Å². The first-order valence-electron chi connectivity index (χ1n) is 4.33. The Bertz CT molecular complexity index is 320. The molecule has 0 saturated carbocycles. The molecule has 0 fully saturated rings. The molecule has 1 rings (SSSR count). The molecule has 15 heavy (non-hydrogen) atoms. The summed E-state index contributed by atoms with van der Waals surface area (Å²) in [6.07, 6.45) is -0.745. The maximum Gasteiger partial charge on any atom is 0.123 e. The summed E-state index contributed by atoms with van der Waals surface area (Å²) < 4.78 is 17.9. The average molecular weight is 236 g/mol. The minimum Gasteiger partial charge on any atom is -0.496 e. The van der Waals surface area contributed by atoms with Crippen LogP contribution in [0.3, 0.4) is 0 Å². The smallest absolute Gasteiger partial charge is 0.123 e. The highest BCUT2D eigenvalue weighted by molar-refractivity contribution is 5.85. The fourth-order valence-electron chi connectivity index (χ4n) is 1.23. The Balaban J connectivity index is 0.00000196. The van der Waals surface area contributed by atoms with Crippen molar-refractivity contribution < 1.29 is 14.2 Å². The van der Waals surface area contributed by atoms with E-state index in [0.717, 1.165) is 0 Å². The van der Waals surface area contributed by atoms with Crippen LogP contribution in [0.1, 0.15) is 18.5 Å². The molecule has 0 aliphatic rings. The fraction of sp³-hybridized carbons (Fsp3) is 0.400. The van der Waals surface area contributed by atoms with Crippen molar-refractivity contribution in [2.24, 2.45) is 5.73 Å². The van der Waals surface area contributed by atoms with Crippen LogP contribution in [0.25, 0.3) is 0 Å². The molecule has 0 saturated heterocycles. The lowest BCUT2D eigenvalue weighted by atomic mass is 10.0. The zero-order valence-corrected chi connectivity index (χ0v) is 9.42. The van der Waals surface area contributed by atoms with Gasteiger partial charge in [-0.1, -0.05) is 0 Å². The first kappa shape index (κ1) is 14.2. The second kappa shape index (κ2) is 5.90. The van der Waals surface area contributed by atoms with E-state index in [0.29, 0.717) is 11.3 Å². The largest absolute Gasteiger partial charge is 0.496 e. The summed E-state index contributed by atoms with van der Waals surface area (Å²) in [5.74, 6) is 0.0942. The van der Waals surface area contributed by atoms with Gasteiger partial charge in [-0.3, -0.25) is 0 Å². The third kappa shape index (κ3) is 3.34. The van der Waals surface area contributed by atoms with Gasteiger partial charge in [0.25, 0.3) is 0 Å². The molecular weight excluding hydrogens is 221 g/mol. The minimum absolute atomic E-state index is 0. The van der Waals surface area contributed by atoms with Crippen molar-refractivity contribution >= 4 is 12.4 Å². The maximum atomic E-state index is 12.9. The van der Waals surface area contributed by atoms with E-state index in [9.17, 15) is 9.50 Å². The number of rotatable bonds is 3. The van der Waals surface area contributed by atoms with E-state index < -0.39 is 18.0 Å². The van der Waals surface area contributed by atoms with Crippen molar-refractivity contribution in [3.8, 4) is 5.75 Å². The Labute approximate surface area is 94.5 Å². The van der Waals surface area contributed by atoms with Crippen molar-refractivity contribution in [2.45, 2.75) is 19.1 Å². The number of benzene rings is 1. The van der Waals surface area contributed by atoms with Crippen LogP contribution in [0.15, 0.2) is 18.2 Å². The average Bonchev–Trinajstić information content (AvgIpc) is 2.16. The molecule has 2 unspecified atom stereocenters. The Morgan fingerprint density at radius 3 is 2.53 bits per heavy atom. The van der Waals surface area contributed by atoms with Crippen LogP contribution in [-0.2, 0) is 0 Å². The van der Waals surface area contributed by atoms with Crippen LogP contribution in [0.5, 0.6) is 5.75 Å². The lowest BCUT2D eigenvalue weighted by molar-refractivity contribution is 0.162. The first-order chi connectivity index (χ1) is 6.56. The van der Waals surface area contributed by atoms with Gasteiger partial charge < -0.3 is 15.6 Å². The number of ether oxygens (including phenoxy) is 1. The van der Waals surface area contributed by atoms with Crippen molar-refractivity contribution in [1.82, 2.24) is 0 Å². The molecule has 0 heterocycles. The van der Waals surface area contributed by atoms with Crippen LogP contribution in [0, 0.1) is 5.82 Å². The molecule has 3 N–H and O–H groups in total. The Hall–Kier alpha value is -0.840. The van der Waals surface area contributed by atoms with Gasteiger partial charge in [-0.05, 0) is 25.1 Å². The number of aliphatic hydroxyl groups excluding tert-OH is 1. The maximum absolute atomic E-state index is 12.9. The summed E-state index contributed by atoms with van der Waals surface area (Å²) in [6, 6.07) is 3.42. The molecule has 86 valence electrons. The number of nitrogens with two attached hydrogens (primary N) is 1. The van der Waals surface area contributed by atoms with E-state index in [1.165, 1.54) is 25.3 Å². The molecular formula is C10H15ClFNO2. The highest BCUT2D eigenvalue weighted by Gasteiger charge is 2.17. The molecule has 1 aromatic carbocycles. The molecule has 0 aliphatic heterocycles. The molecule has 1 aromatic rings. The molecule has 0 amide bonds. The molecule has 2 atom stereocenters. The molecule has 0 aliphatic carbocycles. The Kier molecular flexibility index (Phi) is 5.57. The van der Waals surface area contributed by atoms with Gasteiger partial charge in [0.2, 0.25) is 0 Å². The highest BCUT2D eigenvalue weighted by atomic mass is 35.5. The number of aliphatic hydroxyl groups is 1. The minimum atomic E-state index is -0.745. The Morgan fingerprint density at radius 2 is 2.07 bits per heavy atom. The van der Waals surface area contributed by atoms with Crippen LogP contribution in [0.4, 0.5) is 4.39 Å². The van der Waals surface area contributed by atoms with Crippen LogP contribution in [-0.4, -0.2) is 18.3 Å². The van der Waals surface area contributed by atoms with Gasteiger partial charge in [0.05, 0.1) is 19.3 Å². The van der Waals surface area contributed by atoms with E-state index >= 15 is 0 Å². The summed E-state index contributed by atoms with van der Waals surface area (Å²) in [7, 11) is 1.48. The van der Waals surface area contributed by atoms with Crippen molar-refractivity contribution in [2.75, 3.05) is 7.11 Å². The van der Waals surface area contributed by atoms with Crippen molar-refractivity contribution in [1.29, 1.82) is 0 Å². The fourth-order valence-corrected chi connectivity index (χ4v) is 1.23. The number of methoxy groups -OCH3 is 1. The molecule has 0 radical (unpaired) electrons. The predicted octanol–water partition coefficient (Wildman–Crippen LogP) is 1.64. The van der Waals surface area contributed by atoms with Gasteiger partial charge in [0, 0.05) is 5.56 Å². The van der Waals surface area contributed by atoms with Gasteiger partial charge in [0.15, 0.2) is 0 Å². The first-order valence-corrected chi connectivity index (χ1v) is 4.33. The van der Waals surface area contributed by atoms with Crippen molar-refractivity contribution in [3.05, 3.63) is 29.6 Å². The van der Waals surface area contributed by atoms with E-state index in [4.69, 9.17) is 10.5 Å². The zero-order valence-electron chi connectivity index (χ0n) is 8.61. The molecule has 5 heteroatoms. The summed E-state index contributed by atoms with van der Waals surface area (Å²) in [5.41, 5.74) is 6.16. The third-order valence-corrected chi connectivity index (χ3v) is 2.07. The number of hydrogen-bond donors (Lipinski definition) is 2. The van der Waals surface area contributed by atoms with E-state index in [-0.39, 0.29) is 12.4 Å². The summed E-state index contributed by atoms with van der Waals surface area (Å²) in [6.45, 7) is 1.55. The predicted molar refractivity (Wildman–Crippen MR) is 58.8 cm³/mol. The lowest BCUT2D eigenvalue weighted by Crippen LogP contribution is -2.23. The van der Waals surface area contributed by atoms with Crippen LogP contribution >= 0.6 is 12.4 Å². The lowest BCUT2D eigenvalue weighted by Gasteiger charge is -2.17. The van der Waals surface area contributed by atoms with Crippen molar-refractivity contribution in [3.63, 3.8) is 0 Å². The van der Waals surface area contributed by atoms with Gasteiger partial charge >= 0.3 is 0 Å². The van der Waals surface area contributed by atoms with E-state index in [1.54, 1.807) is 6.92 Å². The van der Waals surface area contributed by atoms with E-state index in [2.05, 4.69) is 0 Å². The number of halogens is 2. The SMILES string of the molecule is COc1ccc(F)cc1C(N)C(C)O.Cl. The highest BCUT2D eigenvalue weighted by Crippen LogP contribution is 2.26. The zero-order chi connectivity index (χ0) is 10.7. The normalized spacial score (nSPS) is 13.9. The van der Waals surface area contributed by atoms with Gasteiger partial charge in [0.1, 0.15) is 11.6 Å². The molecule has 3 nitrogen and oxygen atoms in total. The van der Waals surface area contributed by atoms with E-state index in [1.807, 2.05) is 0 Å². The summed E-state index contributed by atoms with van der Waals surface area (Å²) in [5, 5.41) is 9.28. The molecule has 0 aromatic heterocycles. The van der Waals surface area contributed by atoms with Gasteiger partial charge in [-0.2, -0.15) is 0 Å². The third-order valence-electron chi connectivity index (χ3n) is 2.07. The van der Waals surface area contributed by atoms with Gasteiger partial charge in [-0.15, -0.1) is 12.4 Å². The summed E-state index contributed by atoms with van der Waals surface area (Å²) in [4.78, 5) is 0. The van der Waals surface area contributed by atoms with Crippen LogP contribution in [0.2, 0.25) is 0 Å². The van der Waals surface area contributed by atoms with Gasteiger partial charge in [-0.25, -0.2) is 4.39 Å². The topological polar surface area (TPSA) is 55.5 Å². The number of hydrogen-bond acceptors (Lipinski definition) is 3. The Morgan fingerprint density at radius 1 is 1.47 bits per heavy atom. The molecule has 0 spiro atoms.